The molecule has 0 radical (unpaired) electrons. The van der Waals surface area contributed by atoms with Crippen molar-refractivity contribution in [2.45, 2.75) is 37.9 Å². The summed E-state index contributed by atoms with van der Waals surface area (Å²) < 4.78 is 38.0. The third-order valence-electron chi connectivity index (χ3n) is 5.92. The van der Waals surface area contributed by atoms with E-state index in [1.54, 1.807) is 30.5 Å². The summed E-state index contributed by atoms with van der Waals surface area (Å²) in [6.07, 6.45) is 5.13. The number of aryl methyl sites for hydroxylation is 2. The first-order valence-electron chi connectivity index (χ1n) is 10.1. The van der Waals surface area contributed by atoms with Crippen molar-refractivity contribution in [3.63, 3.8) is 0 Å². The summed E-state index contributed by atoms with van der Waals surface area (Å²) >= 11 is 0. The molecule has 10 heteroatoms. The van der Waals surface area contributed by atoms with Crippen molar-refractivity contribution in [3.8, 4) is 5.75 Å². The normalized spacial score (nSPS) is 18.9. The van der Waals surface area contributed by atoms with Gasteiger partial charge in [-0.1, -0.05) is 5.16 Å². The Bertz CT molecular complexity index is 974. The molecule has 0 spiro atoms. The molecule has 2 aromatic heterocycles. The van der Waals surface area contributed by atoms with Crippen molar-refractivity contribution >= 4 is 15.9 Å². The van der Waals surface area contributed by atoms with Gasteiger partial charge < -0.3 is 14.2 Å². The zero-order valence-electron chi connectivity index (χ0n) is 17.2. The molecule has 0 bridgehead atoms. The zero-order valence-corrected chi connectivity index (χ0v) is 18.0. The average molecular weight is 435 g/mol. The SMILES string of the molecule is Cc1noc(C)c1OCC(=O)N1CC(S(=O)(=O)N2CCC(c3ccncc3)CC2)C1. The summed E-state index contributed by atoms with van der Waals surface area (Å²) in [5.74, 6) is 1.10. The van der Waals surface area contributed by atoms with Crippen molar-refractivity contribution in [2.24, 2.45) is 0 Å². The van der Waals surface area contributed by atoms with E-state index in [1.807, 2.05) is 12.1 Å². The van der Waals surface area contributed by atoms with Gasteiger partial charge in [-0.3, -0.25) is 9.78 Å². The van der Waals surface area contributed by atoms with Crippen molar-refractivity contribution in [1.82, 2.24) is 19.3 Å². The van der Waals surface area contributed by atoms with Crippen LogP contribution in [0.25, 0.3) is 0 Å². The van der Waals surface area contributed by atoms with Crippen molar-refractivity contribution in [2.75, 3.05) is 32.8 Å². The summed E-state index contributed by atoms with van der Waals surface area (Å²) in [4.78, 5) is 17.9. The van der Waals surface area contributed by atoms with Crippen molar-refractivity contribution in [1.29, 1.82) is 0 Å². The second-order valence-electron chi connectivity index (χ2n) is 7.86. The molecule has 30 heavy (non-hydrogen) atoms. The van der Waals surface area contributed by atoms with Gasteiger partial charge in [0.2, 0.25) is 10.0 Å². The van der Waals surface area contributed by atoms with E-state index >= 15 is 0 Å². The minimum Gasteiger partial charge on any atom is -0.478 e. The number of aromatic nitrogens is 2. The smallest absolute Gasteiger partial charge is 0.260 e. The lowest BCUT2D eigenvalue weighted by atomic mass is 9.91. The molecular formula is C20H26N4O5S. The quantitative estimate of drug-likeness (QED) is 0.678. The van der Waals surface area contributed by atoms with E-state index in [9.17, 15) is 13.2 Å². The Morgan fingerprint density at radius 1 is 1.20 bits per heavy atom. The standard InChI is InChI=1S/C20H26N4O5S/c1-14-20(15(2)29-22-14)28-13-19(25)23-11-18(12-23)30(26,27)24-9-5-17(6-10-24)16-3-7-21-8-4-16/h3-4,7-8,17-18H,5-6,9-13H2,1-2H3. The molecular weight excluding hydrogens is 408 g/mol. The largest absolute Gasteiger partial charge is 0.478 e. The van der Waals surface area contributed by atoms with Crippen LogP contribution in [-0.4, -0.2) is 71.7 Å². The first-order valence-corrected chi connectivity index (χ1v) is 11.6. The third-order valence-corrected chi connectivity index (χ3v) is 8.15. The highest BCUT2D eigenvalue weighted by atomic mass is 32.2. The molecule has 9 nitrogen and oxygen atoms in total. The molecule has 2 aliphatic rings. The van der Waals surface area contributed by atoms with Crippen LogP contribution in [0.5, 0.6) is 5.75 Å². The van der Waals surface area contributed by atoms with Crippen molar-refractivity contribution < 1.29 is 22.5 Å². The van der Waals surface area contributed by atoms with Crippen LogP contribution in [-0.2, 0) is 14.8 Å². The molecule has 4 rings (SSSR count). The second-order valence-corrected chi connectivity index (χ2v) is 10.1. The fraction of sp³-hybridized carbons (Fsp3) is 0.550. The van der Waals surface area contributed by atoms with E-state index in [4.69, 9.17) is 9.26 Å². The molecule has 1 amide bonds. The number of sulfonamides is 1. The Kier molecular flexibility index (Phi) is 5.79. The highest BCUT2D eigenvalue weighted by Gasteiger charge is 2.43. The number of likely N-dealkylation sites (tertiary alicyclic amines) is 1. The lowest BCUT2D eigenvalue weighted by Gasteiger charge is -2.42. The highest BCUT2D eigenvalue weighted by molar-refractivity contribution is 7.89. The molecule has 0 aliphatic carbocycles. The van der Waals surface area contributed by atoms with Gasteiger partial charge in [-0.15, -0.1) is 0 Å². The van der Waals surface area contributed by atoms with E-state index in [-0.39, 0.29) is 25.6 Å². The van der Waals surface area contributed by atoms with Gasteiger partial charge in [-0.2, -0.15) is 0 Å². The van der Waals surface area contributed by atoms with E-state index in [2.05, 4.69) is 10.1 Å². The summed E-state index contributed by atoms with van der Waals surface area (Å²) in [5, 5.41) is 3.24. The third kappa shape index (κ3) is 4.06. The van der Waals surface area contributed by atoms with Gasteiger partial charge >= 0.3 is 0 Å². The minimum absolute atomic E-state index is 0.160. The monoisotopic (exact) mass is 434 g/mol. The molecule has 0 saturated carbocycles. The Morgan fingerprint density at radius 3 is 2.47 bits per heavy atom. The number of rotatable bonds is 6. The number of carbonyl (C=O) groups is 1. The molecule has 0 aromatic carbocycles. The number of hydrogen-bond donors (Lipinski definition) is 0. The van der Waals surface area contributed by atoms with Gasteiger partial charge in [-0.05, 0) is 43.4 Å². The Hall–Kier alpha value is -2.46. The summed E-state index contributed by atoms with van der Waals surface area (Å²) in [5.41, 5.74) is 1.79. The topological polar surface area (TPSA) is 106 Å². The maximum atomic E-state index is 12.9. The van der Waals surface area contributed by atoms with E-state index in [1.165, 1.54) is 10.5 Å². The van der Waals surface area contributed by atoms with Crippen LogP contribution in [0.1, 0.15) is 35.8 Å². The average Bonchev–Trinajstić information content (AvgIpc) is 3.03. The Balaban J connectivity index is 1.26. The van der Waals surface area contributed by atoms with Crippen LogP contribution in [0.4, 0.5) is 0 Å². The van der Waals surface area contributed by atoms with Gasteiger partial charge in [0, 0.05) is 45.5 Å². The van der Waals surface area contributed by atoms with Gasteiger partial charge in [0.05, 0.1) is 0 Å². The van der Waals surface area contributed by atoms with Gasteiger partial charge in [-0.25, -0.2) is 12.7 Å². The van der Waals surface area contributed by atoms with Crippen LogP contribution in [0.3, 0.4) is 0 Å². The fourth-order valence-electron chi connectivity index (χ4n) is 4.03. The van der Waals surface area contributed by atoms with Crippen molar-refractivity contribution in [3.05, 3.63) is 41.5 Å². The summed E-state index contributed by atoms with van der Waals surface area (Å²) in [6, 6.07) is 3.99. The van der Waals surface area contributed by atoms with Crippen LogP contribution in [0.15, 0.2) is 29.0 Å². The maximum Gasteiger partial charge on any atom is 0.260 e. The lowest BCUT2D eigenvalue weighted by Crippen LogP contribution is -2.61. The van der Waals surface area contributed by atoms with Gasteiger partial charge in [0.15, 0.2) is 18.1 Å². The predicted molar refractivity (Wildman–Crippen MR) is 109 cm³/mol. The number of amides is 1. The number of pyridine rings is 1. The molecule has 0 atom stereocenters. The molecule has 2 saturated heterocycles. The van der Waals surface area contributed by atoms with E-state index < -0.39 is 15.3 Å². The molecule has 0 N–H and O–H groups in total. The van der Waals surface area contributed by atoms with Gasteiger partial charge in [0.1, 0.15) is 10.9 Å². The number of carbonyl (C=O) groups excluding carboxylic acids is 1. The molecule has 2 fully saturated rings. The van der Waals surface area contributed by atoms with Gasteiger partial charge in [0.25, 0.3) is 5.91 Å². The van der Waals surface area contributed by atoms with Crippen LogP contribution in [0.2, 0.25) is 0 Å². The highest BCUT2D eigenvalue weighted by Crippen LogP contribution is 2.31. The second kappa shape index (κ2) is 8.35. The number of nitrogens with zero attached hydrogens (tertiary/aromatic N) is 4. The fourth-order valence-corrected chi connectivity index (χ4v) is 5.90. The lowest BCUT2D eigenvalue weighted by molar-refractivity contribution is -0.136. The molecule has 162 valence electrons. The molecule has 4 heterocycles. The Morgan fingerprint density at radius 2 is 1.87 bits per heavy atom. The minimum atomic E-state index is -3.41. The molecule has 2 aromatic rings. The van der Waals surface area contributed by atoms with E-state index in [0.717, 1.165) is 12.8 Å². The summed E-state index contributed by atoms with van der Waals surface area (Å²) in [6.45, 7) is 4.72. The zero-order chi connectivity index (χ0) is 21.3. The number of ether oxygens (including phenoxy) is 1. The van der Waals surface area contributed by atoms with E-state index in [0.29, 0.717) is 36.2 Å². The molecule has 2 aliphatic heterocycles. The first-order chi connectivity index (χ1) is 14.4. The first kappa shape index (κ1) is 20.8. The van der Waals surface area contributed by atoms with Crippen LogP contribution < -0.4 is 4.74 Å². The predicted octanol–water partition coefficient (Wildman–Crippen LogP) is 1.49. The summed E-state index contributed by atoms with van der Waals surface area (Å²) in [7, 11) is -3.41. The number of hydrogen-bond acceptors (Lipinski definition) is 7. The van der Waals surface area contributed by atoms with Crippen LogP contribution >= 0.6 is 0 Å². The molecule has 0 unspecified atom stereocenters. The Labute approximate surface area is 176 Å². The maximum absolute atomic E-state index is 12.9. The van der Waals surface area contributed by atoms with Crippen LogP contribution in [0, 0.1) is 13.8 Å². The number of piperidine rings is 1.